The van der Waals surface area contributed by atoms with E-state index in [2.05, 4.69) is 15.3 Å². The number of morpholine rings is 1. The number of pyridine rings is 2. The average Bonchev–Trinajstić information content (AvgIpc) is 3.15. The van der Waals surface area contributed by atoms with Gasteiger partial charge >= 0.3 is 0 Å². The van der Waals surface area contributed by atoms with Gasteiger partial charge in [0.1, 0.15) is 5.82 Å². The Morgan fingerprint density at radius 1 is 1.11 bits per heavy atom. The fourth-order valence-electron chi connectivity index (χ4n) is 3.56. The van der Waals surface area contributed by atoms with Crippen LogP contribution in [0.25, 0.3) is 0 Å². The molecule has 2 atom stereocenters. The average molecular weight is 368 g/mol. The van der Waals surface area contributed by atoms with Crippen molar-refractivity contribution < 1.29 is 14.3 Å². The number of rotatable bonds is 5. The second-order valence-corrected chi connectivity index (χ2v) is 6.94. The van der Waals surface area contributed by atoms with E-state index in [4.69, 9.17) is 9.47 Å². The number of hydrogen-bond acceptors (Lipinski definition) is 6. The van der Waals surface area contributed by atoms with E-state index in [0.29, 0.717) is 56.8 Å². The lowest BCUT2D eigenvalue weighted by molar-refractivity contribution is 0.0303. The van der Waals surface area contributed by atoms with E-state index in [1.807, 2.05) is 35.5 Å². The van der Waals surface area contributed by atoms with E-state index in [1.54, 1.807) is 12.3 Å². The Bertz CT molecular complexity index is 765. The van der Waals surface area contributed by atoms with Crippen molar-refractivity contribution in [2.24, 2.45) is 5.92 Å². The van der Waals surface area contributed by atoms with Crippen molar-refractivity contribution in [2.45, 2.75) is 12.5 Å². The summed E-state index contributed by atoms with van der Waals surface area (Å²) in [7, 11) is 0. The van der Waals surface area contributed by atoms with Crippen LogP contribution in [0.5, 0.6) is 0 Å². The van der Waals surface area contributed by atoms with Crippen LogP contribution in [0.2, 0.25) is 0 Å². The summed E-state index contributed by atoms with van der Waals surface area (Å²) in [6.07, 6.45) is 6.24. The van der Waals surface area contributed by atoms with Crippen LogP contribution in [0.3, 0.4) is 0 Å². The van der Waals surface area contributed by atoms with Crippen molar-refractivity contribution >= 4 is 11.7 Å². The molecule has 1 N–H and O–H groups in total. The van der Waals surface area contributed by atoms with E-state index in [-0.39, 0.29) is 11.9 Å². The van der Waals surface area contributed by atoms with E-state index in [0.717, 1.165) is 6.42 Å². The number of carbonyl (C=O) groups is 1. The van der Waals surface area contributed by atoms with E-state index in [1.165, 1.54) is 5.56 Å². The molecule has 2 fully saturated rings. The van der Waals surface area contributed by atoms with Crippen molar-refractivity contribution in [3.05, 3.63) is 54.0 Å². The Morgan fingerprint density at radius 2 is 1.93 bits per heavy atom. The minimum atomic E-state index is 0.0276. The number of aromatic nitrogens is 2. The molecule has 4 rings (SSSR count). The molecule has 2 aliphatic heterocycles. The first kappa shape index (κ1) is 17.9. The quantitative estimate of drug-likeness (QED) is 0.864. The van der Waals surface area contributed by atoms with Gasteiger partial charge in [0, 0.05) is 43.2 Å². The van der Waals surface area contributed by atoms with Gasteiger partial charge in [-0.1, -0.05) is 0 Å². The van der Waals surface area contributed by atoms with Gasteiger partial charge in [-0.25, -0.2) is 4.98 Å². The van der Waals surface area contributed by atoms with Gasteiger partial charge in [0.2, 0.25) is 0 Å². The molecule has 7 nitrogen and oxygen atoms in total. The van der Waals surface area contributed by atoms with Crippen molar-refractivity contribution in [3.63, 3.8) is 0 Å². The number of anilines is 1. The SMILES string of the molecule is O=C(c1ccnc(N[C@@H]2COC[C@H]2Cc2ccncc2)c1)N1CCOCC1. The Morgan fingerprint density at radius 3 is 2.74 bits per heavy atom. The smallest absolute Gasteiger partial charge is 0.254 e. The minimum Gasteiger partial charge on any atom is -0.379 e. The molecule has 27 heavy (non-hydrogen) atoms. The molecule has 0 bridgehead atoms. The van der Waals surface area contributed by atoms with Gasteiger partial charge in [0.25, 0.3) is 5.91 Å². The lowest BCUT2D eigenvalue weighted by Gasteiger charge is -2.27. The summed E-state index contributed by atoms with van der Waals surface area (Å²) in [5.74, 6) is 1.09. The molecular weight excluding hydrogens is 344 g/mol. The van der Waals surface area contributed by atoms with E-state index < -0.39 is 0 Å². The van der Waals surface area contributed by atoms with Crippen molar-refractivity contribution in [2.75, 3.05) is 44.8 Å². The molecule has 7 heteroatoms. The molecule has 0 radical (unpaired) electrons. The maximum absolute atomic E-state index is 12.7. The molecule has 2 aliphatic rings. The molecule has 0 aliphatic carbocycles. The highest BCUT2D eigenvalue weighted by atomic mass is 16.5. The summed E-state index contributed by atoms with van der Waals surface area (Å²) in [5, 5.41) is 3.46. The van der Waals surface area contributed by atoms with Crippen molar-refractivity contribution in [1.29, 1.82) is 0 Å². The van der Waals surface area contributed by atoms with Gasteiger partial charge in [-0.15, -0.1) is 0 Å². The molecule has 4 heterocycles. The topological polar surface area (TPSA) is 76.6 Å². The lowest BCUT2D eigenvalue weighted by Crippen LogP contribution is -2.40. The number of carbonyl (C=O) groups excluding carboxylic acids is 1. The highest BCUT2D eigenvalue weighted by Gasteiger charge is 2.29. The maximum Gasteiger partial charge on any atom is 0.254 e. The van der Waals surface area contributed by atoms with Gasteiger partial charge in [0.15, 0.2) is 0 Å². The number of hydrogen-bond donors (Lipinski definition) is 1. The third-order valence-electron chi connectivity index (χ3n) is 5.08. The molecule has 1 amide bonds. The minimum absolute atomic E-state index is 0.0276. The highest BCUT2D eigenvalue weighted by molar-refractivity contribution is 5.94. The molecule has 2 aromatic heterocycles. The third kappa shape index (κ3) is 4.43. The van der Waals surface area contributed by atoms with Crippen LogP contribution in [0.1, 0.15) is 15.9 Å². The van der Waals surface area contributed by atoms with Gasteiger partial charge in [-0.2, -0.15) is 0 Å². The zero-order chi connectivity index (χ0) is 18.5. The van der Waals surface area contributed by atoms with Crippen LogP contribution in [-0.2, 0) is 15.9 Å². The molecular formula is C20H24N4O3. The monoisotopic (exact) mass is 368 g/mol. The Balaban J connectivity index is 1.42. The summed E-state index contributed by atoms with van der Waals surface area (Å²) in [4.78, 5) is 23.0. The first-order valence-electron chi connectivity index (χ1n) is 9.36. The second kappa shape index (κ2) is 8.45. The van der Waals surface area contributed by atoms with E-state index >= 15 is 0 Å². The summed E-state index contributed by atoms with van der Waals surface area (Å²) in [6.45, 7) is 3.81. The first-order chi connectivity index (χ1) is 13.3. The van der Waals surface area contributed by atoms with Crippen molar-refractivity contribution in [1.82, 2.24) is 14.9 Å². The highest BCUT2D eigenvalue weighted by Crippen LogP contribution is 2.22. The molecule has 0 saturated carbocycles. The summed E-state index contributed by atoms with van der Waals surface area (Å²) in [6, 6.07) is 7.84. The zero-order valence-corrected chi connectivity index (χ0v) is 15.2. The lowest BCUT2D eigenvalue weighted by atomic mass is 9.95. The molecule has 0 unspecified atom stereocenters. The first-order valence-corrected chi connectivity index (χ1v) is 9.36. The zero-order valence-electron chi connectivity index (χ0n) is 15.2. The molecule has 0 aromatic carbocycles. The largest absolute Gasteiger partial charge is 0.379 e. The normalized spacial score (nSPS) is 22.6. The number of ether oxygens (including phenoxy) is 2. The van der Waals surface area contributed by atoms with Gasteiger partial charge < -0.3 is 19.7 Å². The van der Waals surface area contributed by atoms with Crippen LogP contribution in [-0.4, -0.2) is 66.3 Å². The van der Waals surface area contributed by atoms with Crippen LogP contribution in [0.4, 0.5) is 5.82 Å². The molecule has 2 aromatic rings. The fraction of sp³-hybridized carbons (Fsp3) is 0.450. The van der Waals surface area contributed by atoms with Crippen LogP contribution < -0.4 is 5.32 Å². The Hall–Kier alpha value is -2.51. The molecule has 2 saturated heterocycles. The molecule has 142 valence electrons. The predicted molar refractivity (Wildman–Crippen MR) is 101 cm³/mol. The third-order valence-corrected chi connectivity index (χ3v) is 5.08. The summed E-state index contributed by atoms with van der Waals surface area (Å²) < 4.78 is 11.0. The van der Waals surface area contributed by atoms with Crippen LogP contribution in [0, 0.1) is 5.92 Å². The molecule has 0 spiro atoms. The maximum atomic E-state index is 12.7. The van der Waals surface area contributed by atoms with Crippen LogP contribution in [0.15, 0.2) is 42.9 Å². The predicted octanol–water partition coefficient (Wildman–Crippen LogP) is 1.62. The number of amides is 1. The van der Waals surface area contributed by atoms with Gasteiger partial charge in [0.05, 0.1) is 32.5 Å². The summed E-state index contributed by atoms with van der Waals surface area (Å²) >= 11 is 0. The van der Waals surface area contributed by atoms with Gasteiger partial charge in [-0.3, -0.25) is 9.78 Å². The number of nitrogens with zero attached hydrogens (tertiary/aromatic N) is 3. The number of nitrogens with one attached hydrogen (secondary N) is 1. The Labute approximate surface area is 158 Å². The summed E-state index contributed by atoms with van der Waals surface area (Å²) in [5.41, 5.74) is 1.90. The van der Waals surface area contributed by atoms with E-state index in [9.17, 15) is 4.79 Å². The second-order valence-electron chi connectivity index (χ2n) is 6.94. The standard InChI is InChI=1S/C20H24N4O3/c25-20(24-7-9-26-10-8-24)16-3-6-22-19(12-16)23-18-14-27-13-17(18)11-15-1-4-21-5-2-15/h1-6,12,17-18H,7-11,13-14H2,(H,22,23)/t17-,18-/m1/s1. The van der Waals surface area contributed by atoms with Gasteiger partial charge in [-0.05, 0) is 36.2 Å². The fourth-order valence-corrected chi connectivity index (χ4v) is 3.56. The Kier molecular flexibility index (Phi) is 5.60. The van der Waals surface area contributed by atoms with Crippen molar-refractivity contribution in [3.8, 4) is 0 Å². The van der Waals surface area contributed by atoms with Crippen LogP contribution >= 0.6 is 0 Å².